The van der Waals surface area contributed by atoms with Crippen molar-refractivity contribution in [2.75, 3.05) is 11.6 Å². The quantitative estimate of drug-likeness (QED) is 0.770. The molecule has 0 radical (unpaired) electrons. The maximum atomic E-state index is 11.2. The van der Waals surface area contributed by atoms with Crippen LogP contribution < -0.4 is 5.32 Å². The molecule has 1 aromatic carbocycles. The van der Waals surface area contributed by atoms with Gasteiger partial charge in [0.2, 0.25) is 0 Å². The van der Waals surface area contributed by atoms with Crippen LogP contribution in [0.5, 0.6) is 0 Å². The fraction of sp³-hybridized carbons (Fsp3) is 0.364. The second-order valence-corrected chi connectivity index (χ2v) is 4.45. The second kappa shape index (κ2) is 4.14. The monoisotopic (exact) mass is 223 g/mol. The van der Waals surface area contributed by atoms with Gasteiger partial charge in [0.1, 0.15) is 0 Å². The van der Waals surface area contributed by atoms with Crippen molar-refractivity contribution in [1.82, 2.24) is 0 Å². The number of hydrogen-bond donors (Lipinski definition) is 2. The first-order valence-electron chi connectivity index (χ1n) is 4.89. The summed E-state index contributed by atoms with van der Waals surface area (Å²) >= 11 is 1.46. The van der Waals surface area contributed by atoms with Gasteiger partial charge in [0, 0.05) is 10.9 Å². The molecule has 0 atom stereocenters. The zero-order valence-electron chi connectivity index (χ0n) is 8.49. The Morgan fingerprint density at radius 3 is 2.80 bits per heavy atom. The van der Waals surface area contributed by atoms with Crippen molar-refractivity contribution in [3.05, 3.63) is 23.8 Å². The summed E-state index contributed by atoms with van der Waals surface area (Å²) in [6.45, 7) is 0. The Balaban J connectivity index is 2.37. The highest BCUT2D eigenvalue weighted by atomic mass is 32.2. The maximum Gasteiger partial charge on any atom is 0.338 e. The minimum atomic E-state index is -0.858. The highest BCUT2D eigenvalue weighted by molar-refractivity contribution is 7.98. The third kappa shape index (κ3) is 2.26. The third-order valence-corrected chi connectivity index (χ3v) is 3.18. The van der Waals surface area contributed by atoms with Crippen LogP contribution in [0, 0.1) is 0 Å². The van der Waals surface area contributed by atoms with Crippen LogP contribution in [0.2, 0.25) is 0 Å². The molecule has 1 aliphatic rings. The molecule has 0 aliphatic heterocycles. The fourth-order valence-corrected chi connectivity index (χ4v) is 2.11. The SMILES string of the molecule is CSc1cccc(NC2CC2)c1C(=O)O. The summed E-state index contributed by atoms with van der Waals surface area (Å²) in [5.74, 6) is -0.858. The Bertz CT molecular complexity index is 388. The number of nitrogens with one attached hydrogen (secondary N) is 1. The molecule has 1 aromatic rings. The molecule has 2 N–H and O–H groups in total. The van der Waals surface area contributed by atoms with E-state index in [0.717, 1.165) is 23.4 Å². The molecule has 1 fully saturated rings. The topological polar surface area (TPSA) is 49.3 Å². The number of carbonyl (C=O) groups is 1. The van der Waals surface area contributed by atoms with E-state index in [4.69, 9.17) is 5.11 Å². The summed E-state index contributed by atoms with van der Waals surface area (Å²) in [6.07, 6.45) is 4.17. The molecule has 1 aliphatic carbocycles. The van der Waals surface area contributed by atoms with Crippen molar-refractivity contribution in [2.45, 2.75) is 23.8 Å². The highest BCUT2D eigenvalue weighted by Gasteiger charge is 2.24. The molecular weight excluding hydrogens is 210 g/mol. The Morgan fingerprint density at radius 1 is 1.53 bits per heavy atom. The van der Waals surface area contributed by atoms with Gasteiger partial charge in [-0.15, -0.1) is 11.8 Å². The summed E-state index contributed by atoms with van der Waals surface area (Å²) in [7, 11) is 0. The Kier molecular flexibility index (Phi) is 2.86. The van der Waals surface area contributed by atoms with E-state index >= 15 is 0 Å². The molecule has 0 unspecified atom stereocenters. The van der Waals surface area contributed by atoms with Gasteiger partial charge in [-0.2, -0.15) is 0 Å². The predicted molar refractivity (Wildman–Crippen MR) is 61.8 cm³/mol. The molecule has 4 heteroatoms. The molecule has 0 amide bonds. The maximum absolute atomic E-state index is 11.2. The highest BCUT2D eigenvalue weighted by Crippen LogP contribution is 2.31. The van der Waals surface area contributed by atoms with E-state index in [-0.39, 0.29) is 0 Å². The van der Waals surface area contributed by atoms with Crippen LogP contribution in [-0.2, 0) is 0 Å². The summed E-state index contributed by atoms with van der Waals surface area (Å²) < 4.78 is 0. The molecule has 15 heavy (non-hydrogen) atoms. The van der Waals surface area contributed by atoms with Crippen molar-refractivity contribution in [2.24, 2.45) is 0 Å². The molecule has 3 nitrogen and oxygen atoms in total. The Morgan fingerprint density at radius 2 is 2.27 bits per heavy atom. The van der Waals surface area contributed by atoms with Gasteiger partial charge in [-0.25, -0.2) is 4.79 Å². The van der Waals surface area contributed by atoms with E-state index < -0.39 is 5.97 Å². The van der Waals surface area contributed by atoms with Gasteiger partial charge in [-0.1, -0.05) is 6.07 Å². The normalized spacial score (nSPS) is 15.0. The summed E-state index contributed by atoms with van der Waals surface area (Å²) in [5.41, 5.74) is 1.15. The number of carboxylic acids is 1. The van der Waals surface area contributed by atoms with Gasteiger partial charge in [0.25, 0.3) is 0 Å². The summed E-state index contributed by atoms with van der Waals surface area (Å²) in [4.78, 5) is 12.0. The van der Waals surface area contributed by atoms with E-state index in [9.17, 15) is 4.79 Å². The molecule has 80 valence electrons. The van der Waals surface area contributed by atoms with E-state index in [1.54, 1.807) is 0 Å². The fourth-order valence-electron chi connectivity index (χ4n) is 1.49. The number of aromatic carboxylic acids is 1. The predicted octanol–water partition coefficient (Wildman–Crippen LogP) is 2.68. The smallest absolute Gasteiger partial charge is 0.338 e. The minimum Gasteiger partial charge on any atom is -0.478 e. The van der Waals surface area contributed by atoms with E-state index in [1.807, 2.05) is 24.5 Å². The molecule has 2 rings (SSSR count). The van der Waals surface area contributed by atoms with E-state index in [0.29, 0.717) is 11.6 Å². The standard InChI is InChI=1S/C11H13NO2S/c1-15-9-4-2-3-8(10(9)11(13)14)12-7-5-6-7/h2-4,7,12H,5-6H2,1H3,(H,13,14). The van der Waals surface area contributed by atoms with Crippen molar-refractivity contribution in [1.29, 1.82) is 0 Å². The lowest BCUT2D eigenvalue weighted by Crippen LogP contribution is -2.08. The Hall–Kier alpha value is -1.16. The van der Waals surface area contributed by atoms with Crippen LogP contribution in [0.4, 0.5) is 5.69 Å². The molecular formula is C11H13NO2S. The van der Waals surface area contributed by atoms with E-state index in [1.165, 1.54) is 11.8 Å². The molecule has 1 saturated carbocycles. The van der Waals surface area contributed by atoms with Crippen LogP contribution in [0.25, 0.3) is 0 Å². The molecule has 0 bridgehead atoms. The van der Waals surface area contributed by atoms with Crippen LogP contribution >= 0.6 is 11.8 Å². The number of anilines is 1. The number of hydrogen-bond acceptors (Lipinski definition) is 3. The lowest BCUT2D eigenvalue weighted by molar-refractivity contribution is 0.0694. The van der Waals surface area contributed by atoms with Gasteiger partial charge in [-0.05, 0) is 31.2 Å². The number of thioether (sulfide) groups is 1. The summed E-state index contributed by atoms with van der Waals surface area (Å²) in [5, 5.41) is 12.4. The largest absolute Gasteiger partial charge is 0.478 e. The first kappa shape index (κ1) is 10.4. The minimum absolute atomic E-state index is 0.400. The zero-order valence-corrected chi connectivity index (χ0v) is 9.30. The molecule has 0 saturated heterocycles. The van der Waals surface area contributed by atoms with Crippen molar-refractivity contribution in [3.63, 3.8) is 0 Å². The lowest BCUT2D eigenvalue weighted by Gasteiger charge is -2.11. The van der Waals surface area contributed by atoms with Crippen LogP contribution in [-0.4, -0.2) is 23.4 Å². The third-order valence-electron chi connectivity index (χ3n) is 2.40. The van der Waals surface area contributed by atoms with Crippen LogP contribution in [0.15, 0.2) is 23.1 Å². The first-order valence-corrected chi connectivity index (χ1v) is 6.11. The van der Waals surface area contributed by atoms with Gasteiger partial charge in [0.05, 0.1) is 11.3 Å². The average molecular weight is 223 g/mol. The van der Waals surface area contributed by atoms with Crippen molar-refractivity contribution in [3.8, 4) is 0 Å². The number of rotatable bonds is 4. The zero-order chi connectivity index (χ0) is 10.8. The van der Waals surface area contributed by atoms with Gasteiger partial charge in [0.15, 0.2) is 0 Å². The van der Waals surface area contributed by atoms with Gasteiger partial charge in [-0.3, -0.25) is 0 Å². The van der Waals surface area contributed by atoms with Gasteiger partial charge < -0.3 is 10.4 Å². The van der Waals surface area contributed by atoms with Crippen molar-refractivity contribution < 1.29 is 9.90 Å². The van der Waals surface area contributed by atoms with Crippen molar-refractivity contribution >= 4 is 23.4 Å². The average Bonchev–Trinajstić information content (AvgIpc) is 3.01. The Labute approximate surface area is 92.9 Å². The van der Waals surface area contributed by atoms with Gasteiger partial charge >= 0.3 is 5.97 Å². The van der Waals surface area contributed by atoms with E-state index in [2.05, 4.69) is 5.32 Å². The molecule has 0 heterocycles. The first-order chi connectivity index (χ1) is 7.22. The summed E-state index contributed by atoms with van der Waals surface area (Å²) in [6, 6.07) is 6.04. The number of carboxylic acid groups (broad SMARTS) is 1. The van der Waals surface area contributed by atoms with Crippen LogP contribution in [0.1, 0.15) is 23.2 Å². The lowest BCUT2D eigenvalue weighted by atomic mass is 10.1. The molecule has 0 aromatic heterocycles. The van der Waals surface area contributed by atoms with Crippen LogP contribution in [0.3, 0.4) is 0 Å². The second-order valence-electron chi connectivity index (χ2n) is 3.61. The molecule has 0 spiro atoms. The number of benzene rings is 1.